The summed E-state index contributed by atoms with van der Waals surface area (Å²) in [5.41, 5.74) is 1.70. The van der Waals surface area contributed by atoms with Crippen molar-refractivity contribution in [2.24, 2.45) is 4.99 Å². The van der Waals surface area contributed by atoms with Gasteiger partial charge in [0.25, 0.3) is 0 Å². The van der Waals surface area contributed by atoms with Gasteiger partial charge >= 0.3 is 0 Å². The van der Waals surface area contributed by atoms with Gasteiger partial charge in [0, 0.05) is 13.1 Å². The highest BCUT2D eigenvalue weighted by atomic mass is 32.2. The average molecular weight is 448 g/mol. The molecule has 0 amide bonds. The largest absolute Gasteiger partial charge is 0.468 e. The van der Waals surface area contributed by atoms with E-state index in [2.05, 4.69) is 20.3 Å². The fourth-order valence-corrected chi connectivity index (χ4v) is 4.52. The van der Waals surface area contributed by atoms with Crippen LogP contribution in [-0.4, -0.2) is 52.5 Å². The average Bonchev–Trinajstić information content (AvgIpc) is 3.47. The van der Waals surface area contributed by atoms with Gasteiger partial charge in [0.05, 0.1) is 24.6 Å². The summed E-state index contributed by atoms with van der Waals surface area (Å²) in [5.74, 6) is 1.65. The molecule has 1 aliphatic rings. The fourth-order valence-electron chi connectivity index (χ4n) is 3.76. The molecule has 2 aromatic rings. The Labute approximate surface area is 185 Å². The van der Waals surface area contributed by atoms with Crippen LogP contribution in [0.5, 0.6) is 0 Å². The lowest BCUT2D eigenvalue weighted by Crippen LogP contribution is -2.42. The summed E-state index contributed by atoms with van der Waals surface area (Å²) in [4.78, 5) is 7.15. The molecule has 0 radical (unpaired) electrons. The minimum Gasteiger partial charge on any atom is -0.468 e. The Kier molecular flexibility index (Phi) is 8.51. The normalized spacial score (nSPS) is 16.4. The number of likely N-dealkylation sites (tertiary alicyclic amines) is 1. The van der Waals surface area contributed by atoms with Gasteiger partial charge in [-0.2, -0.15) is 0 Å². The van der Waals surface area contributed by atoms with Crippen LogP contribution in [0, 0.1) is 0 Å². The van der Waals surface area contributed by atoms with E-state index in [1.165, 1.54) is 19.9 Å². The molecule has 3 rings (SSSR count). The second-order valence-electron chi connectivity index (χ2n) is 7.63. The number of furan rings is 1. The molecule has 0 spiro atoms. The van der Waals surface area contributed by atoms with Crippen LogP contribution in [0.2, 0.25) is 0 Å². The van der Waals surface area contributed by atoms with Crippen molar-refractivity contribution in [2.75, 3.05) is 33.2 Å². The summed E-state index contributed by atoms with van der Waals surface area (Å²) in [7, 11) is -1.87. The third-order valence-corrected chi connectivity index (χ3v) is 6.67. The number of nitrogens with zero attached hydrogens (tertiary/aromatic N) is 2. The topological polar surface area (TPSA) is 99.0 Å². The molecule has 1 unspecified atom stereocenters. The molecule has 9 heteroatoms. The van der Waals surface area contributed by atoms with Crippen molar-refractivity contribution in [3.8, 4) is 0 Å². The van der Waals surface area contributed by atoms with Crippen LogP contribution in [0.3, 0.4) is 0 Å². The summed E-state index contributed by atoms with van der Waals surface area (Å²) in [6, 6.07) is 11.6. The van der Waals surface area contributed by atoms with E-state index in [4.69, 9.17) is 9.41 Å². The van der Waals surface area contributed by atoms with E-state index in [9.17, 15) is 8.42 Å². The molecule has 170 valence electrons. The van der Waals surface area contributed by atoms with Gasteiger partial charge in [0.1, 0.15) is 5.76 Å². The van der Waals surface area contributed by atoms with Gasteiger partial charge in [-0.25, -0.2) is 18.1 Å². The molecule has 1 aromatic heterocycles. The van der Waals surface area contributed by atoms with Gasteiger partial charge < -0.3 is 15.1 Å². The van der Waals surface area contributed by atoms with Crippen molar-refractivity contribution in [3.05, 3.63) is 59.5 Å². The first-order valence-electron chi connectivity index (χ1n) is 10.8. The predicted molar refractivity (Wildman–Crippen MR) is 123 cm³/mol. The van der Waals surface area contributed by atoms with Crippen LogP contribution in [0.15, 0.2) is 52.1 Å². The third kappa shape index (κ3) is 7.09. The summed E-state index contributed by atoms with van der Waals surface area (Å²) in [6.45, 7) is 6.08. The monoisotopic (exact) mass is 447 g/mol. The van der Waals surface area contributed by atoms with Crippen LogP contribution >= 0.6 is 0 Å². The van der Waals surface area contributed by atoms with Crippen molar-refractivity contribution in [3.63, 3.8) is 0 Å². The maximum atomic E-state index is 11.8. The number of guanidine groups is 1. The molecule has 0 saturated carbocycles. The summed E-state index contributed by atoms with van der Waals surface area (Å²) < 4.78 is 31.7. The maximum absolute atomic E-state index is 11.8. The van der Waals surface area contributed by atoms with Crippen LogP contribution in [-0.2, 0) is 22.3 Å². The van der Waals surface area contributed by atoms with Crippen molar-refractivity contribution >= 4 is 16.0 Å². The van der Waals surface area contributed by atoms with Gasteiger partial charge in [-0.15, -0.1) is 0 Å². The Morgan fingerprint density at radius 3 is 2.61 bits per heavy atom. The molecule has 3 N–H and O–H groups in total. The fraction of sp³-hybridized carbons (Fsp3) is 0.500. The van der Waals surface area contributed by atoms with Crippen LogP contribution in [0.4, 0.5) is 0 Å². The Morgan fingerprint density at radius 1 is 1.16 bits per heavy atom. The van der Waals surface area contributed by atoms with E-state index in [0.717, 1.165) is 42.5 Å². The number of hydrogen-bond donors (Lipinski definition) is 3. The van der Waals surface area contributed by atoms with Gasteiger partial charge in [0.2, 0.25) is 10.0 Å². The molecule has 31 heavy (non-hydrogen) atoms. The zero-order valence-electron chi connectivity index (χ0n) is 18.3. The number of nitrogens with one attached hydrogen (secondary N) is 3. The highest BCUT2D eigenvalue weighted by Crippen LogP contribution is 2.24. The Hall–Kier alpha value is -2.36. The Balaban J connectivity index is 1.66. The van der Waals surface area contributed by atoms with Crippen molar-refractivity contribution in [1.29, 1.82) is 0 Å². The second kappa shape index (κ2) is 11.3. The second-order valence-corrected chi connectivity index (χ2v) is 9.56. The number of rotatable bonds is 10. The summed E-state index contributed by atoms with van der Waals surface area (Å²) >= 11 is 0. The standard InChI is InChI=1S/C22H33N5O3S/c1-3-24-22(25-15-18-8-6-9-19(14-18)17-31(28,29)23-2)26-16-20(21-10-7-13-30-21)27-11-4-5-12-27/h6-10,13-14,20,23H,3-5,11-12,15-17H2,1-2H3,(H2,24,25,26). The number of benzene rings is 1. The molecule has 1 atom stereocenters. The lowest BCUT2D eigenvalue weighted by Gasteiger charge is -2.26. The van der Waals surface area contributed by atoms with Crippen LogP contribution in [0.1, 0.15) is 42.7 Å². The first-order chi connectivity index (χ1) is 15.0. The van der Waals surface area contributed by atoms with E-state index in [1.807, 2.05) is 43.3 Å². The molecule has 8 nitrogen and oxygen atoms in total. The van der Waals surface area contributed by atoms with Crippen molar-refractivity contribution < 1.29 is 12.8 Å². The van der Waals surface area contributed by atoms with Crippen LogP contribution < -0.4 is 15.4 Å². The lowest BCUT2D eigenvalue weighted by atomic mass is 10.1. The SMILES string of the molecule is CCNC(=NCc1cccc(CS(=O)(=O)NC)c1)NCC(c1ccco1)N1CCCC1. The Morgan fingerprint density at radius 2 is 1.94 bits per heavy atom. The summed E-state index contributed by atoms with van der Waals surface area (Å²) in [6.07, 6.45) is 4.15. The zero-order chi connectivity index (χ0) is 22.1. The molecule has 2 heterocycles. The number of aliphatic imine (C=N–C) groups is 1. The van der Waals surface area contributed by atoms with Gasteiger partial charge in [0.15, 0.2) is 5.96 Å². The minimum atomic E-state index is -3.30. The minimum absolute atomic E-state index is 0.0416. The molecule has 0 aliphatic carbocycles. The van der Waals surface area contributed by atoms with Crippen molar-refractivity contribution in [1.82, 2.24) is 20.3 Å². The molecule has 1 saturated heterocycles. The number of hydrogen-bond acceptors (Lipinski definition) is 5. The molecule has 1 aromatic carbocycles. The third-order valence-electron chi connectivity index (χ3n) is 5.34. The van der Waals surface area contributed by atoms with Crippen LogP contribution in [0.25, 0.3) is 0 Å². The van der Waals surface area contributed by atoms with E-state index in [-0.39, 0.29) is 11.8 Å². The van der Waals surface area contributed by atoms with Gasteiger partial charge in [-0.05, 0) is 63.2 Å². The maximum Gasteiger partial charge on any atom is 0.215 e. The smallest absolute Gasteiger partial charge is 0.215 e. The zero-order valence-corrected chi connectivity index (χ0v) is 19.1. The lowest BCUT2D eigenvalue weighted by molar-refractivity contribution is 0.215. The van der Waals surface area contributed by atoms with E-state index < -0.39 is 10.0 Å². The molecule has 1 aliphatic heterocycles. The first-order valence-corrected chi connectivity index (χ1v) is 12.4. The van der Waals surface area contributed by atoms with E-state index in [1.54, 1.807) is 6.26 Å². The van der Waals surface area contributed by atoms with E-state index in [0.29, 0.717) is 13.1 Å². The molecule has 0 bridgehead atoms. The molecule has 1 fully saturated rings. The predicted octanol–water partition coefficient (Wildman–Crippen LogP) is 2.22. The summed E-state index contributed by atoms with van der Waals surface area (Å²) in [5, 5.41) is 6.74. The highest BCUT2D eigenvalue weighted by molar-refractivity contribution is 7.88. The van der Waals surface area contributed by atoms with E-state index >= 15 is 0 Å². The van der Waals surface area contributed by atoms with Gasteiger partial charge in [-0.3, -0.25) is 4.90 Å². The van der Waals surface area contributed by atoms with Gasteiger partial charge in [-0.1, -0.05) is 24.3 Å². The molecular weight excluding hydrogens is 414 g/mol. The highest BCUT2D eigenvalue weighted by Gasteiger charge is 2.25. The first kappa shape index (κ1) is 23.3. The Bertz CT molecular complexity index is 938. The van der Waals surface area contributed by atoms with Crippen molar-refractivity contribution in [2.45, 2.75) is 38.1 Å². The molecular formula is C22H33N5O3S. The quantitative estimate of drug-likeness (QED) is 0.382. The number of sulfonamides is 1.